The van der Waals surface area contributed by atoms with Gasteiger partial charge in [-0.3, -0.25) is 0 Å². The molecule has 4 nitrogen and oxygen atoms in total. The van der Waals surface area contributed by atoms with Gasteiger partial charge in [0, 0.05) is 26.8 Å². The third kappa shape index (κ3) is 4.61. The average molecular weight is 418 g/mol. The van der Waals surface area contributed by atoms with Crippen LogP contribution in [0, 0.1) is 0 Å². The molecule has 0 spiro atoms. The normalized spacial score (nSPS) is 10.3. The molecule has 0 bridgehead atoms. The number of hydrogen-bond donors (Lipinski definition) is 2. The summed E-state index contributed by atoms with van der Waals surface area (Å²) in [6.45, 7) is 0. The van der Waals surface area contributed by atoms with Gasteiger partial charge >= 0.3 is 0 Å². The van der Waals surface area contributed by atoms with Gasteiger partial charge in [-0.2, -0.15) is 4.98 Å². The highest BCUT2D eigenvalue weighted by Crippen LogP contribution is 2.27. The van der Waals surface area contributed by atoms with E-state index in [1.54, 1.807) is 0 Å². The molecular weight excluding hydrogens is 403 g/mol. The lowest BCUT2D eigenvalue weighted by atomic mass is 10.2. The molecule has 3 aromatic carbocycles. The fraction of sp³-hybridized carbons (Fsp3) is 0. The third-order valence-corrected chi connectivity index (χ3v) is 4.31. The molecule has 0 aliphatic carbocycles. The summed E-state index contributed by atoms with van der Waals surface area (Å²) < 4.78 is 0. The molecule has 27 heavy (non-hydrogen) atoms. The summed E-state index contributed by atoms with van der Waals surface area (Å²) in [6, 6.07) is 22.7. The molecule has 0 atom stereocenters. The van der Waals surface area contributed by atoms with Crippen molar-refractivity contribution in [3.63, 3.8) is 0 Å². The SMILES string of the molecule is Cl.Clc1ccc(Nc2nc(Nc3ccc(Cl)cc3)c3ccccc3n2)cc1. The Morgan fingerprint density at radius 3 is 1.81 bits per heavy atom. The predicted octanol–water partition coefficient (Wildman–Crippen LogP) is 6.85. The Bertz CT molecular complexity index is 1050. The van der Waals surface area contributed by atoms with E-state index in [1.165, 1.54) is 0 Å². The van der Waals surface area contributed by atoms with E-state index in [2.05, 4.69) is 20.6 Å². The van der Waals surface area contributed by atoms with Crippen LogP contribution in [0.25, 0.3) is 10.9 Å². The summed E-state index contributed by atoms with van der Waals surface area (Å²) in [6.07, 6.45) is 0. The minimum Gasteiger partial charge on any atom is -0.340 e. The van der Waals surface area contributed by atoms with Crippen LogP contribution in [0.5, 0.6) is 0 Å². The van der Waals surface area contributed by atoms with E-state index in [0.29, 0.717) is 16.0 Å². The van der Waals surface area contributed by atoms with Crippen LogP contribution in [0.3, 0.4) is 0 Å². The molecule has 0 radical (unpaired) electrons. The quantitative estimate of drug-likeness (QED) is 0.381. The van der Waals surface area contributed by atoms with Crippen molar-refractivity contribution in [1.82, 2.24) is 9.97 Å². The zero-order chi connectivity index (χ0) is 17.9. The Hall–Kier alpha value is -2.53. The second-order valence-electron chi connectivity index (χ2n) is 5.68. The van der Waals surface area contributed by atoms with Crippen LogP contribution in [0.1, 0.15) is 0 Å². The summed E-state index contributed by atoms with van der Waals surface area (Å²) in [5.74, 6) is 1.22. The van der Waals surface area contributed by atoms with Crippen molar-refractivity contribution in [2.45, 2.75) is 0 Å². The van der Waals surface area contributed by atoms with Crippen molar-refractivity contribution in [2.24, 2.45) is 0 Å². The Morgan fingerprint density at radius 2 is 1.19 bits per heavy atom. The van der Waals surface area contributed by atoms with Gasteiger partial charge in [-0.25, -0.2) is 4.98 Å². The van der Waals surface area contributed by atoms with Crippen molar-refractivity contribution >= 4 is 69.7 Å². The Balaban J connectivity index is 0.00000210. The molecule has 0 aliphatic heterocycles. The lowest BCUT2D eigenvalue weighted by Gasteiger charge is -2.12. The number of nitrogens with zero attached hydrogens (tertiary/aromatic N) is 2. The van der Waals surface area contributed by atoms with Crippen LogP contribution in [0.4, 0.5) is 23.1 Å². The van der Waals surface area contributed by atoms with Crippen molar-refractivity contribution < 1.29 is 0 Å². The molecule has 2 N–H and O–H groups in total. The van der Waals surface area contributed by atoms with E-state index in [0.717, 1.165) is 28.1 Å². The van der Waals surface area contributed by atoms with Crippen LogP contribution in [-0.2, 0) is 0 Å². The number of halogens is 3. The topological polar surface area (TPSA) is 49.8 Å². The molecule has 0 saturated carbocycles. The number of hydrogen-bond acceptors (Lipinski definition) is 4. The highest BCUT2D eigenvalue weighted by molar-refractivity contribution is 6.30. The molecule has 0 fully saturated rings. The molecule has 1 heterocycles. The van der Waals surface area contributed by atoms with Gasteiger partial charge in [-0.1, -0.05) is 35.3 Å². The Labute approximate surface area is 173 Å². The minimum atomic E-state index is 0. The monoisotopic (exact) mass is 416 g/mol. The van der Waals surface area contributed by atoms with E-state index in [1.807, 2.05) is 72.8 Å². The summed E-state index contributed by atoms with van der Waals surface area (Å²) in [7, 11) is 0. The van der Waals surface area contributed by atoms with Gasteiger partial charge in [-0.05, 0) is 60.7 Å². The fourth-order valence-electron chi connectivity index (χ4n) is 2.56. The maximum absolute atomic E-state index is 5.96. The highest BCUT2D eigenvalue weighted by atomic mass is 35.5. The standard InChI is InChI=1S/C20H14Cl2N4.ClH/c21-13-5-9-15(10-6-13)23-19-17-3-1-2-4-18(17)25-20(26-19)24-16-11-7-14(22)8-12-16;/h1-12H,(H2,23,24,25,26);1H. The van der Waals surface area contributed by atoms with Crippen LogP contribution >= 0.6 is 35.6 Å². The minimum absolute atomic E-state index is 0. The molecule has 4 rings (SSSR count). The summed E-state index contributed by atoms with van der Waals surface area (Å²) in [5, 5.41) is 8.86. The number of benzene rings is 3. The van der Waals surface area contributed by atoms with Crippen molar-refractivity contribution in [1.29, 1.82) is 0 Å². The van der Waals surface area contributed by atoms with Gasteiger partial charge in [0.1, 0.15) is 5.82 Å². The van der Waals surface area contributed by atoms with Gasteiger partial charge in [-0.15, -0.1) is 12.4 Å². The van der Waals surface area contributed by atoms with E-state index in [4.69, 9.17) is 23.2 Å². The first-order valence-corrected chi connectivity index (χ1v) is 8.75. The van der Waals surface area contributed by atoms with Gasteiger partial charge < -0.3 is 10.6 Å². The summed E-state index contributed by atoms with van der Waals surface area (Å²) in [5.41, 5.74) is 2.60. The number of anilines is 4. The zero-order valence-corrected chi connectivity index (χ0v) is 16.3. The van der Waals surface area contributed by atoms with E-state index in [-0.39, 0.29) is 12.4 Å². The number of aromatic nitrogens is 2. The number of rotatable bonds is 4. The number of fused-ring (bicyclic) bond motifs is 1. The first kappa shape index (κ1) is 19.2. The van der Waals surface area contributed by atoms with Gasteiger partial charge in [0.05, 0.1) is 5.52 Å². The third-order valence-electron chi connectivity index (χ3n) is 3.81. The number of para-hydroxylation sites is 1. The molecule has 136 valence electrons. The van der Waals surface area contributed by atoms with E-state index >= 15 is 0 Å². The van der Waals surface area contributed by atoms with E-state index < -0.39 is 0 Å². The first-order chi connectivity index (χ1) is 12.7. The lowest BCUT2D eigenvalue weighted by molar-refractivity contribution is 1.21. The van der Waals surface area contributed by atoms with Crippen LogP contribution in [0.15, 0.2) is 72.8 Å². The Morgan fingerprint density at radius 1 is 0.630 bits per heavy atom. The van der Waals surface area contributed by atoms with Gasteiger partial charge in [0.25, 0.3) is 0 Å². The van der Waals surface area contributed by atoms with Crippen LogP contribution in [0.2, 0.25) is 10.0 Å². The predicted molar refractivity (Wildman–Crippen MR) is 116 cm³/mol. The zero-order valence-electron chi connectivity index (χ0n) is 14.0. The molecular formula is C20H15Cl3N4. The highest BCUT2D eigenvalue weighted by Gasteiger charge is 2.08. The average Bonchev–Trinajstić information content (AvgIpc) is 2.65. The molecule has 0 saturated heterocycles. The molecule has 0 amide bonds. The van der Waals surface area contributed by atoms with Crippen molar-refractivity contribution in [2.75, 3.05) is 10.6 Å². The van der Waals surface area contributed by atoms with Crippen molar-refractivity contribution in [3.05, 3.63) is 82.8 Å². The maximum Gasteiger partial charge on any atom is 0.229 e. The van der Waals surface area contributed by atoms with Gasteiger partial charge in [0.15, 0.2) is 0 Å². The summed E-state index contributed by atoms with van der Waals surface area (Å²) >= 11 is 11.9. The second kappa shape index (κ2) is 8.44. The molecule has 1 aromatic heterocycles. The van der Waals surface area contributed by atoms with Crippen LogP contribution < -0.4 is 10.6 Å². The summed E-state index contributed by atoms with van der Waals surface area (Å²) in [4.78, 5) is 9.23. The lowest BCUT2D eigenvalue weighted by Crippen LogP contribution is -2.02. The van der Waals surface area contributed by atoms with E-state index in [9.17, 15) is 0 Å². The fourth-order valence-corrected chi connectivity index (χ4v) is 2.81. The van der Waals surface area contributed by atoms with Gasteiger partial charge in [0.2, 0.25) is 5.95 Å². The maximum atomic E-state index is 5.96. The molecule has 0 aliphatic rings. The molecule has 4 aromatic rings. The Kier molecular flexibility index (Phi) is 6.01. The first-order valence-electron chi connectivity index (χ1n) is 7.99. The van der Waals surface area contributed by atoms with Crippen LogP contribution in [-0.4, -0.2) is 9.97 Å². The largest absolute Gasteiger partial charge is 0.340 e. The number of nitrogens with one attached hydrogen (secondary N) is 2. The smallest absolute Gasteiger partial charge is 0.229 e. The van der Waals surface area contributed by atoms with Crippen molar-refractivity contribution in [3.8, 4) is 0 Å². The second-order valence-corrected chi connectivity index (χ2v) is 6.55. The molecule has 0 unspecified atom stereocenters. The molecule has 7 heteroatoms.